The maximum Gasteiger partial charge on any atom is 0.261 e. The number of hydrogen-bond acceptors (Lipinski definition) is 5. The average Bonchev–Trinajstić information content (AvgIpc) is 2.92. The summed E-state index contributed by atoms with van der Waals surface area (Å²) in [5, 5.41) is 7.05. The monoisotopic (exact) mass is 263 g/mol. The molecule has 5 nitrogen and oxygen atoms in total. The van der Waals surface area contributed by atoms with Crippen molar-refractivity contribution in [2.75, 3.05) is 19.7 Å². The van der Waals surface area contributed by atoms with Gasteiger partial charge in [-0.15, -0.1) is 0 Å². The van der Waals surface area contributed by atoms with E-state index in [4.69, 9.17) is 9.26 Å². The van der Waals surface area contributed by atoms with Crippen molar-refractivity contribution in [1.29, 1.82) is 0 Å². The average molecular weight is 263 g/mol. The molecule has 0 saturated carbocycles. The second-order valence-electron chi connectivity index (χ2n) is 4.50. The molecule has 1 unspecified atom stereocenters. The van der Waals surface area contributed by atoms with Gasteiger partial charge in [-0.05, 0) is 19.1 Å². The Bertz CT molecular complexity index is 579. The molecule has 1 fully saturated rings. The Kier molecular flexibility index (Phi) is 3.27. The first-order valence-corrected chi connectivity index (χ1v) is 6.16. The van der Waals surface area contributed by atoms with Gasteiger partial charge in [0.05, 0.1) is 12.2 Å². The molecule has 1 aromatic heterocycles. The van der Waals surface area contributed by atoms with Crippen LogP contribution in [0.25, 0.3) is 11.5 Å². The first kappa shape index (κ1) is 12.3. The Balaban J connectivity index is 1.89. The fraction of sp³-hybridized carbons (Fsp3) is 0.385. The third-order valence-electron chi connectivity index (χ3n) is 3.01. The van der Waals surface area contributed by atoms with Gasteiger partial charge < -0.3 is 14.6 Å². The zero-order chi connectivity index (χ0) is 13.2. The fourth-order valence-corrected chi connectivity index (χ4v) is 2.01. The summed E-state index contributed by atoms with van der Waals surface area (Å²) in [7, 11) is 0. The molecule has 1 saturated heterocycles. The third kappa shape index (κ3) is 2.50. The van der Waals surface area contributed by atoms with Crippen LogP contribution < -0.4 is 5.32 Å². The summed E-state index contributed by atoms with van der Waals surface area (Å²) in [6, 6.07) is 4.78. The van der Waals surface area contributed by atoms with Crippen molar-refractivity contribution in [3.05, 3.63) is 35.4 Å². The van der Waals surface area contributed by atoms with Gasteiger partial charge in [0.1, 0.15) is 11.9 Å². The Morgan fingerprint density at radius 3 is 3.11 bits per heavy atom. The van der Waals surface area contributed by atoms with Crippen LogP contribution in [0.15, 0.2) is 22.7 Å². The summed E-state index contributed by atoms with van der Waals surface area (Å²) in [6.07, 6.45) is -0.237. The number of morpholine rings is 1. The topological polar surface area (TPSA) is 60.2 Å². The third-order valence-corrected chi connectivity index (χ3v) is 3.01. The Morgan fingerprint density at radius 2 is 2.32 bits per heavy atom. The molecular formula is C13H14FN3O2. The molecule has 6 heteroatoms. The molecule has 1 N–H and O–H groups in total. The van der Waals surface area contributed by atoms with Crippen LogP contribution in [0.3, 0.4) is 0 Å². The van der Waals surface area contributed by atoms with Crippen molar-refractivity contribution in [2.24, 2.45) is 0 Å². The lowest BCUT2D eigenvalue weighted by atomic mass is 10.1. The lowest BCUT2D eigenvalue weighted by Gasteiger charge is -2.20. The maximum absolute atomic E-state index is 13.7. The van der Waals surface area contributed by atoms with E-state index >= 15 is 0 Å². The number of rotatable bonds is 2. The van der Waals surface area contributed by atoms with Crippen LogP contribution in [0.5, 0.6) is 0 Å². The van der Waals surface area contributed by atoms with Crippen molar-refractivity contribution in [1.82, 2.24) is 15.5 Å². The summed E-state index contributed by atoms with van der Waals surface area (Å²) in [5.74, 6) is 0.261. The van der Waals surface area contributed by atoms with Gasteiger partial charge >= 0.3 is 0 Å². The van der Waals surface area contributed by atoms with Gasteiger partial charge in [-0.25, -0.2) is 4.39 Å². The molecule has 2 heterocycles. The summed E-state index contributed by atoms with van der Waals surface area (Å²) in [4.78, 5) is 4.22. The molecule has 19 heavy (non-hydrogen) atoms. The number of aryl methyl sites for hydroxylation is 1. The van der Waals surface area contributed by atoms with Gasteiger partial charge in [0.15, 0.2) is 0 Å². The molecule has 100 valence electrons. The number of nitrogens with one attached hydrogen (secondary N) is 1. The molecule has 0 aliphatic carbocycles. The van der Waals surface area contributed by atoms with Crippen LogP contribution in [0.2, 0.25) is 0 Å². The molecule has 1 aromatic carbocycles. The molecule has 0 bridgehead atoms. The maximum atomic E-state index is 13.7. The number of nitrogens with zero attached hydrogens (tertiary/aromatic N) is 2. The molecular weight excluding hydrogens is 249 g/mol. The zero-order valence-electron chi connectivity index (χ0n) is 10.5. The Morgan fingerprint density at radius 1 is 1.42 bits per heavy atom. The largest absolute Gasteiger partial charge is 0.367 e. The summed E-state index contributed by atoms with van der Waals surface area (Å²) in [6.45, 7) is 3.94. The van der Waals surface area contributed by atoms with Crippen molar-refractivity contribution in [3.8, 4) is 11.5 Å². The summed E-state index contributed by atoms with van der Waals surface area (Å²) in [5.41, 5.74) is 1.26. The highest BCUT2D eigenvalue weighted by Gasteiger charge is 2.22. The van der Waals surface area contributed by atoms with Crippen LogP contribution in [-0.2, 0) is 4.74 Å². The smallest absolute Gasteiger partial charge is 0.261 e. The van der Waals surface area contributed by atoms with Gasteiger partial charge in [0.2, 0.25) is 5.82 Å². The minimum absolute atomic E-state index is 0.186. The molecule has 1 aliphatic heterocycles. The van der Waals surface area contributed by atoms with E-state index in [0.717, 1.165) is 12.1 Å². The van der Waals surface area contributed by atoms with Gasteiger partial charge in [0.25, 0.3) is 5.89 Å². The summed E-state index contributed by atoms with van der Waals surface area (Å²) >= 11 is 0. The van der Waals surface area contributed by atoms with Gasteiger partial charge in [-0.3, -0.25) is 0 Å². The predicted molar refractivity (Wildman–Crippen MR) is 66.0 cm³/mol. The molecule has 2 aromatic rings. The molecule has 0 spiro atoms. The van der Waals surface area contributed by atoms with Gasteiger partial charge in [-0.1, -0.05) is 16.8 Å². The lowest BCUT2D eigenvalue weighted by Crippen LogP contribution is -2.33. The highest BCUT2D eigenvalue weighted by Crippen LogP contribution is 2.24. The highest BCUT2D eigenvalue weighted by molar-refractivity contribution is 5.55. The van der Waals surface area contributed by atoms with Crippen LogP contribution in [0.1, 0.15) is 17.5 Å². The SMILES string of the molecule is Cc1ccc(F)c(-c2nc(C3CNCCO3)no2)c1. The normalized spacial score (nSPS) is 19.6. The Hall–Kier alpha value is -1.79. The predicted octanol–water partition coefficient (Wildman–Crippen LogP) is 1.85. The number of halogens is 1. The van der Waals surface area contributed by atoms with Crippen molar-refractivity contribution < 1.29 is 13.7 Å². The molecule has 0 amide bonds. The van der Waals surface area contributed by atoms with E-state index in [-0.39, 0.29) is 17.8 Å². The standard InChI is InChI=1S/C13H14FN3O2/c1-8-2-3-10(14)9(6-8)13-16-12(17-19-13)11-7-15-4-5-18-11/h2-3,6,11,15H,4-5,7H2,1H3. The van der Waals surface area contributed by atoms with E-state index in [1.54, 1.807) is 12.1 Å². The number of benzene rings is 1. The van der Waals surface area contributed by atoms with Crippen molar-refractivity contribution >= 4 is 0 Å². The van der Waals surface area contributed by atoms with E-state index in [9.17, 15) is 4.39 Å². The molecule has 3 rings (SSSR count). The molecule has 1 aliphatic rings. The summed E-state index contributed by atoms with van der Waals surface area (Å²) < 4.78 is 24.4. The van der Waals surface area contributed by atoms with Gasteiger partial charge in [-0.2, -0.15) is 4.98 Å². The second kappa shape index (κ2) is 5.07. The van der Waals surface area contributed by atoms with E-state index in [1.807, 2.05) is 6.92 Å². The number of aromatic nitrogens is 2. The second-order valence-corrected chi connectivity index (χ2v) is 4.50. The van der Waals surface area contributed by atoms with Crippen LogP contribution >= 0.6 is 0 Å². The lowest BCUT2D eigenvalue weighted by molar-refractivity contribution is 0.0208. The number of hydrogen-bond donors (Lipinski definition) is 1. The minimum Gasteiger partial charge on any atom is -0.367 e. The minimum atomic E-state index is -0.372. The van der Waals surface area contributed by atoms with Crippen LogP contribution in [0.4, 0.5) is 4.39 Å². The van der Waals surface area contributed by atoms with Crippen molar-refractivity contribution in [3.63, 3.8) is 0 Å². The van der Waals surface area contributed by atoms with Crippen molar-refractivity contribution in [2.45, 2.75) is 13.0 Å². The molecule has 0 radical (unpaired) electrons. The van der Waals surface area contributed by atoms with E-state index in [1.165, 1.54) is 6.07 Å². The van der Waals surface area contributed by atoms with E-state index in [2.05, 4.69) is 15.5 Å². The fourth-order valence-electron chi connectivity index (χ4n) is 2.01. The Labute approximate surface area is 109 Å². The number of ether oxygens (including phenoxy) is 1. The first-order chi connectivity index (χ1) is 9.24. The molecule has 1 atom stereocenters. The van der Waals surface area contributed by atoms with E-state index < -0.39 is 0 Å². The zero-order valence-corrected chi connectivity index (χ0v) is 10.5. The quantitative estimate of drug-likeness (QED) is 0.896. The first-order valence-electron chi connectivity index (χ1n) is 6.16. The van der Waals surface area contributed by atoms with Crippen LogP contribution in [0, 0.1) is 12.7 Å². The van der Waals surface area contributed by atoms with Gasteiger partial charge in [0, 0.05) is 13.1 Å². The van der Waals surface area contributed by atoms with Crippen LogP contribution in [-0.4, -0.2) is 29.8 Å². The highest BCUT2D eigenvalue weighted by atomic mass is 19.1. The van der Waals surface area contributed by atoms with E-state index in [0.29, 0.717) is 24.5 Å².